The summed E-state index contributed by atoms with van der Waals surface area (Å²) in [6.45, 7) is 3.25. The number of nitrogens with two attached hydrogens (primary N) is 1. The second kappa shape index (κ2) is 4.27. The molecule has 1 fully saturated rings. The van der Waals surface area contributed by atoms with E-state index in [1.807, 2.05) is 0 Å². The van der Waals surface area contributed by atoms with Gasteiger partial charge in [-0.1, -0.05) is 18.5 Å². The van der Waals surface area contributed by atoms with Gasteiger partial charge in [-0.05, 0) is 25.3 Å². The number of anilines is 2. The van der Waals surface area contributed by atoms with Gasteiger partial charge in [0.1, 0.15) is 5.82 Å². The number of halogens is 1. The maximum absolute atomic E-state index is 6.15. The van der Waals surface area contributed by atoms with Gasteiger partial charge >= 0.3 is 0 Å². The molecular weight excluding hydrogens is 210 g/mol. The van der Waals surface area contributed by atoms with Crippen LogP contribution in [0.2, 0.25) is 5.02 Å². The first-order valence-electron chi connectivity index (χ1n) is 5.40. The van der Waals surface area contributed by atoms with Gasteiger partial charge in [-0.25, -0.2) is 4.98 Å². The van der Waals surface area contributed by atoms with E-state index in [1.165, 1.54) is 12.8 Å². The largest absolute Gasteiger partial charge is 0.397 e. The molecule has 82 valence electrons. The lowest BCUT2D eigenvalue weighted by molar-refractivity contribution is 0.641. The summed E-state index contributed by atoms with van der Waals surface area (Å²) in [5.41, 5.74) is 6.25. The van der Waals surface area contributed by atoms with Crippen LogP contribution in [-0.4, -0.2) is 17.6 Å². The quantitative estimate of drug-likeness (QED) is 0.842. The summed E-state index contributed by atoms with van der Waals surface area (Å²) in [4.78, 5) is 6.62. The van der Waals surface area contributed by atoms with Crippen molar-refractivity contribution in [2.24, 2.45) is 0 Å². The van der Waals surface area contributed by atoms with Gasteiger partial charge in [-0.2, -0.15) is 0 Å². The highest BCUT2D eigenvalue weighted by Gasteiger charge is 2.25. The average molecular weight is 226 g/mol. The fourth-order valence-electron chi connectivity index (χ4n) is 2.20. The number of pyridine rings is 1. The van der Waals surface area contributed by atoms with Gasteiger partial charge in [0.15, 0.2) is 0 Å². The first kappa shape index (κ1) is 10.6. The predicted octanol–water partition coefficient (Wildman–Crippen LogP) is 2.70. The summed E-state index contributed by atoms with van der Waals surface area (Å²) in [5, 5.41) is 0.662. The van der Waals surface area contributed by atoms with Gasteiger partial charge in [0.25, 0.3) is 0 Å². The van der Waals surface area contributed by atoms with E-state index in [0.29, 0.717) is 16.8 Å². The number of rotatable bonds is 2. The van der Waals surface area contributed by atoms with Crippen molar-refractivity contribution in [1.82, 2.24) is 4.98 Å². The van der Waals surface area contributed by atoms with E-state index >= 15 is 0 Å². The number of hydrogen-bond acceptors (Lipinski definition) is 3. The maximum Gasteiger partial charge on any atom is 0.147 e. The molecule has 1 saturated heterocycles. The fourth-order valence-corrected chi connectivity index (χ4v) is 2.48. The molecule has 0 radical (unpaired) electrons. The highest BCUT2D eigenvalue weighted by molar-refractivity contribution is 6.33. The molecule has 0 aliphatic carbocycles. The van der Waals surface area contributed by atoms with Crippen LogP contribution in [0.3, 0.4) is 0 Å². The lowest BCUT2D eigenvalue weighted by atomic mass is 10.2. The lowest BCUT2D eigenvalue weighted by Crippen LogP contribution is -2.29. The summed E-state index contributed by atoms with van der Waals surface area (Å²) in [6, 6.07) is 2.35. The summed E-state index contributed by atoms with van der Waals surface area (Å²) < 4.78 is 0. The van der Waals surface area contributed by atoms with Gasteiger partial charge in [0.2, 0.25) is 0 Å². The Bertz CT molecular complexity index is 354. The Kier molecular flexibility index (Phi) is 3.00. The van der Waals surface area contributed by atoms with Gasteiger partial charge in [-0.3, -0.25) is 0 Å². The molecule has 0 bridgehead atoms. The van der Waals surface area contributed by atoms with Gasteiger partial charge in [-0.15, -0.1) is 0 Å². The average Bonchev–Trinajstić information content (AvgIpc) is 2.65. The minimum absolute atomic E-state index is 0.582. The van der Waals surface area contributed by atoms with Crippen molar-refractivity contribution < 1.29 is 0 Å². The smallest absolute Gasteiger partial charge is 0.147 e. The summed E-state index contributed by atoms with van der Waals surface area (Å²) in [5.74, 6) is 0.884. The molecule has 1 unspecified atom stereocenters. The third-order valence-corrected chi connectivity index (χ3v) is 3.24. The molecule has 15 heavy (non-hydrogen) atoms. The Morgan fingerprint density at radius 1 is 1.67 bits per heavy atom. The van der Waals surface area contributed by atoms with Crippen molar-refractivity contribution >= 4 is 23.1 Å². The maximum atomic E-state index is 6.15. The van der Waals surface area contributed by atoms with Crippen LogP contribution >= 0.6 is 11.6 Å². The number of nitrogens with zero attached hydrogens (tertiary/aromatic N) is 2. The van der Waals surface area contributed by atoms with E-state index in [1.54, 1.807) is 12.3 Å². The van der Waals surface area contributed by atoms with E-state index in [4.69, 9.17) is 17.3 Å². The van der Waals surface area contributed by atoms with Crippen LogP contribution in [0.5, 0.6) is 0 Å². The van der Waals surface area contributed by atoms with Crippen molar-refractivity contribution in [3.63, 3.8) is 0 Å². The third-order valence-electron chi connectivity index (χ3n) is 2.96. The van der Waals surface area contributed by atoms with Crippen LogP contribution in [0.4, 0.5) is 11.5 Å². The third kappa shape index (κ3) is 2.02. The van der Waals surface area contributed by atoms with E-state index in [9.17, 15) is 0 Å². The van der Waals surface area contributed by atoms with Gasteiger partial charge in [0, 0.05) is 12.6 Å². The van der Waals surface area contributed by atoms with Crippen LogP contribution in [0, 0.1) is 0 Å². The molecule has 1 aromatic heterocycles. The Hall–Kier alpha value is -0.960. The Morgan fingerprint density at radius 2 is 2.47 bits per heavy atom. The molecule has 3 nitrogen and oxygen atoms in total. The first-order chi connectivity index (χ1) is 7.22. The number of hydrogen-bond donors (Lipinski definition) is 1. The van der Waals surface area contributed by atoms with Gasteiger partial charge in [0.05, 0.1) is 16.9 Å². The standard InChI is InChI=1S/C11H16ClN3/c1-2-9-4-3-5-15(9)11-10(12)6-8(13)7-14-11/h6-7,9H,2-5,13H2,1H3. The second-order valence-corrected chi connectivity index (χ2v) is 4.38. The molecule has 0 aromatic carbocycles. The summed E-state index contributed by atoms with van der Waals surface area (Å²) in [7, 11) is 0. The minimum atomic E-state index is 0.582. The molecule has 0 spiro atoms. The van der Waals surface area contributed by atoms with Crippen LogP contribution in [0.1, 0.15) is 26.2 Å². The molecule has 1 aliphatic heterocycles. The Balaban J connectivity index is 2.28. The molecule has 2 heterocycles. The highest BCUT2D eigenvalue weighted by Crippen LogP contribution is 2.31. The fraction of sp³-hybridized carbons (Fsp3) is 0.545. The molecule has 1 aromatic rings. The second-order valence-electron chi connectivity index (χ2n) is 3.97. The van der Waals surface area contributed by atoms with Crippen LogP contribution in [0.15, 0.2) is 12.3 Å². The van der Waals surface area contributed by atoms with Crippen molar-refractivity contribution in [2.45, 2.75) is 32.2 Å². The molecular formula is C11H16ClN3. The summed E-state index contributed by atoms with van der Waals surface area (Å²) >= 11 is 6.15. The lowest BCUT2D eigenvalue weighted by Gasteiger charge is -2.25. The van der Waals surface area contributed by atoms with E-state index in [2.05, 4.69) is 16.8 Å². The topological polar surface area (TPSA) is 42.2 Å². The molecule has 0 saturated carbocycles. The van der Waals surface area contributed by atoms with Crippen molar-refractivity contribution in [2.75, 3.05) is 17.2 Å². The van der Waals surface area contributed by atoms with E-state index in [0.717, 1.165) is 18.8 Å². The monoisotopic (exact) mass is 225 g/mol. The molecule has 4 heteroatoms. The van der Waals surface area contributed by atoms with E-state index in [-0.39, 0.29) is 0 Å². The van der Waals surface area contributed by atoms with Crippen LogP contribution < -0.4 is 10.6 Å². The van der Waals surface area contributed by atoms with Crippen molar-refractivity contribution in [3.05, 3.63) is 17.3 Å². The van der Waals surface area contributed by atoms with E-state index < -0.39 is 0 Å². The Labute approximate surface area is 95.2 Å². The van der Waals surface area contributed by atoms with Crippen LogP contribution in [-0.2, 0) is 0 Å². The van der Waals surface area contributed by atoms with Crippen LogP contribution in [0.25, 0.3) is 0 Å². The predicted molar refractivity (Wildman–Crippen MR) is 64.3 cm³/mol. The van der Waals surface area contributed by atoms with Gasteiger partial charge < -0.3 is 10.6 Å². The minimum Gasteiger partial charge on any atom is -0.397 e. The SMILES string of the molecule is CCC1CCCN1c1ncc(N)cc1Cl. The first-order valence-corrected chi connectivity index (χ1v) is 5.78. The molecule has 2 N–H and O–H groups in total. The zero-order valence-electron chi connectivity index (χ0n) is 8.91. The zero-order valence-corrected chi connectivity index (χ0v) is 9.67. The highest BCUT2D eigenvalue weighted by atomic mass is 35.5. The number of nitrogen functional groups attached to an aromatic ring is 1. The summed E-state index contributed by atoms with van der Waals surface area (Å²) in [6.07, 6.45) is 5.27. The zero-order chi connectivity index (χ0) is 10.8. The van der Waals surface area contributed by atoms with Crippen molar-refractivity contribution in [1.29, 1.82) is 0 Å². The molecule has 0 amide bonds. The molecule has 1 aliphatic rings. The number of aromatic nitrogens is 1. The molecule has 2 rings (SSSR count). The van der Waals surface area contributed by atoms with Crippen molar-refractivity contribution in [3.8, 4) is 0 Å². The molecule has 1 atom stereocenters. The normalized spacial score (nSPS) is 20.9. The Morgan fingerprint density at radius 3 is 3.13 bits per heavy atom.